The molecule has 12 heavy (non-hydrogen) atoms. The normalized spacial score (nSPS) is 10.8. The van der Waals surface area contributed by atoms with Gasteiger partial charge in [-0.1, -0.05) is 0 Å². The number of benzene rings is 1. The highest BCUT2D eigenvalue weighted by Gasteiger charge is 2.09. The minimum absolute atomic E-state index is 0.00694. The van der Waals surface area contributed by atoms with E-state index >= 15 is 0 Å². The maximum Gasteiger partial charge on any atom is 0.198 e. The second kappa shape index (κ2) is 2.17. The van der Waals surface area contributed by atoms with Gasteiger partial charge in [0, 0.05) is 0 Å². The number of nitrogens with two attached hydrogens (primary N) is 1. The van der Waals surface area contributed by atoms with E-state index < -0.39 is 11.6 Å². The van der Waals surface area contributed by atoms with Gasteiger partial charge in [-0.2, -0.15) is 0 Å². The van der Waals surface area contributed by atoms with Crippen LogP contribution in [0.3, 0.4) is 0 Å². The monoisotopic (exact) mass is 169 g/mol. The van der Waals surface area contributed by atoms with Gasteiger partial charge in [-0.3, -0.25) is 0 Å². The molecule has 0 aliphatic heterocycles. The van der Waals surface area contributed by atoms with Crippen LogP contribution in [0.15, 0.2) is 12.1 Å². The Kier molecular flexibility index (Phi) is 1.27. The number of nitrogens with one attached hydrogen (secondary N) is 1. The number of hydrogen-bond donors (Lipinski definition) is 2. The third-order valence-corrected chi connectivity index (χ3v) is 1.56. The topological polar surface area (TPSA) is 54.7 Å². The molecule has 0 aliphatic rings. The van der Waals surface area contributed by atoms with Gasteiger partial charge >= 0.3 is 0 Å². The molecule has 2 rings (SSSR count). The molecule has 0 unspecified atom stereocenters. The third-order valence-electron chi connectivity index (χ3n) is 1.56. The average molecular weight is 169 g/mol. The Labute approximate surface area is 66.2 Å². The molecule has 1 aromatic heterocycles. The minimum atomic E-state index is -0.584. The summed E-state index contributed by atoms with van der Waals surface area (Å²) >= 11 is 0. The summed E-state index contributed by atoms with van der Waals surface area (Å²) in [5, 5.41) is 0. The van der Waals surface area contributed by atoms with Crippen molar-refractivity contribution in [3.63, 3.8) is 0 Å². The van der Waals surface area contributed by atoms with Crippen molar-refractivity contribution in [1.82, 2.24) is 9.97 Å². The molecule has 62 valence electrons. The van der Waals surface area contributed by atoms with Gasteiger partial charge in [0.15, 0.2) is 11.8 Å². The molecule has 1 aromatic carbocycles. The van der Waals surface area contributed by atoms with Gasteiger partial charge in [-0.15, -0.1) is 0 Å². The summed E-state index contributed by atoms with van der Waals surface area (Å²) in [6.07, 6.45) is 0. The van der Waals surface area contributed by atoms with Crippen molar-refractivity contribution in [1.29, 1.82) is 0 Å². The number of anilines is 1. The first-order chi connectivity index (χ1) is 5.68. The van der Waals surface area contributed by atoms with E-state index in [4.69, 9.17) is 5.73 Å². The van der Waals surface area contributed by atoms with E-state index in [2.05, 4.69) is 9.97 Å². The minimum Gasteiger partial charge on any atom is -0.369 e. The molecule has 0 radical (unpaired) electrons. The maximum absolute atomic E-state index is 12.9. The molecule has 2 aromatic rings. The summed E-state index contributed by atoms with van der Waals surface area (Å²) in [6.45, 7) is 0. The van der Waals surface area contributed by atoms with Crippen molar-refractivity contribution in [2.24, 2.45) is 0 Å². The zero-order valence-corrected chi connectivity index (χ0v) is 5.94. The van der Waals surface area contributed by atoms with Crippen LogP contribution < -0.4 is 5.73 Å². The van der Waals surface area contributed by atoms with E-state index in [1.54, 1.807) is 0 Å². The first-order valence-electron chi connectivity index (χ1n) is 3.27. The molecule has 3 N–H and O–H groups in total. The molecule has 0 spiro atoms. The fourth-order valence-electron chi connectivity index (χ4n) is 1.05. The van der Waals surface area contributed by atoms with Gasteiger partial charge < -0.3 is 10.7 Å². The highest BCUT2D eigenvalue weighted by molar-refractivity contribution is 5.78. The summed E-state index contributed by atoms with van der Waals surface area (Å²) in [4.78, 5) is 6.00. The smallest absolute Gasteiger partial charge is 0.198 e. The third kappa shape index (κ3) is 0.827. The molecule has 3 nitrogen and oxygen atoms in total. The van der Waals surface area contributed by atoms with E-state index in [0.29, 0.717) is 0 Å². The van der Waals surface area contributed by atoms with Crippen LogP contribution in [0.5, 0.6) is 0 Å². The van der Waals surface area contributed by atoms with Crippen molar-refractivity contribution < 1.29 is 8.78 Å². The van der Waals surface area contributed by atoms with E-state index in [1.165, 1.54) is 0 Å². The van der Waals surface area contributed by atoms with E-state index in [1.807, 2.05) is 0 Å². The van der Waals surface area contributed by atoms with E-state index in [-0.39, 0.29) is 17.0 Å². The summed E-state index contributed by atoms with van der Waals surface area (Å²) in [7, 11) is 0. The second-order valence-corrected chi connectivity index (χ2v) is 2.37. The van der Waals surface area contributed by atoms with E-state index in [0.717, 1.165) is 12.1 Å². The van der Waals surface area contributed by atoms with Crippen LogP contribution in [0.25, 0.3) is 11.0 Å². The summed E-state index contributed by atoms with van der Waals surface area (Å²) in [5.41, 5.74) is 5.17. The Balaban J connectivity index is 2.93. The lowest BCUT2D eigenvalue weighted by molar-refractivity contribution is 0.615. The van der Waals surface area contributed by atoms with Crippen molar-refractivity contribution in [2.75, 3.05) is 5.73 Å². The predicted octanol–water partition coefficient (Wildman–Crippen LogP) is 1.42. The van der Waals surface area contributed by atoms with Crippen LogP contribution in [0.2, 0.25) is 0 Å². The first kappa shape index (κ1) is 7.02. The number of rotatable bonds is 0. The lowest BCUT2D eigenvalue weighted by Gasteiger charge is -1.90. The molecule has 1 heterocycles. The number of aromatic amines is 1. The number of nitrogens with zero attached hydrogens (tertiary/aromatic N) is 1. The number of hydrogen-bond acceptors (Lipinski definition) is 2. The standard InChI is InChI=1S/C7H5F2N3/c8-3-1-2-4(9)6-5(3)11-7(10)12-6/h1-2H,(H3,10,11,12). The van der Waals surface area contributed by atoms with Gasteiger partial charge in [-0.25, -0.2) is 13.8 Å². The Bertz CT molecular complexity index is 396. The van der Waals surface area contributed by atoms with Crippen LogP contribution in [-0.2, 0) is 0 Å². The molecular formula is C7H5F2N3. The van der Waals surface area contributed by atoms with Gasteiger partial charge in [0.1, 0.15) is 16.9 Å². The molecular weight excluding hydrogens is 164 g/mol. The molecule has 0 atom stereocenters. The SMILES string of the molecule is Nc1nc2c(F)ccc(F)c2[nH]1. The second-order valence-electron chi connectivity index (χ2n) is 2.37. The van der Waals surface area contributed by atoms with Crippen molar-refractivity contribution in [2.45, 2.75) is 0 Å². The molecule has 0 bridgehead atoms. The number of nitrogen functional groups attached to an aromatic ring is 1. The lowest BCUT2D eigenvalue weighted by Crippen LogP contribution is -1.84. The largest absolute Gasteiger partial charge is 0.369 e. The quantitative estimate of drug-likeness (QED) is 0.626. The van der Waals surface area contributed by atoms with E-state index in [9.17, 15) is 8.78 Å². The van der Waals surface area contributed by atoms with Crippen LogP contribution >= 0.6 is 0 Å². The summed E-state index contributed by atoms with van der Waals surface area (Å²) in [6, 6.07) is 2.03. The molecule has 5 heteroatoms. The zero-order chi connectivity index (χ0) is 8.72. The number of fused-ring (bicyclic) bond motifs is 1. The fraction of sp³-hybridized carbons (Fsp3) is 0. The molecule has 0 aliphatic carbocycles. The number of H-pyrrole nitrogens is 1. The molecule has 0 fully saturated rings. The Morgan fingerprint density at radius 1 is 1.25 bits per heavy atom. The number of imidazole rings is 1. The first-order valence-corrected chi connectivity index (χ1v) is 3.27. The molecule has 0 saturated carbocycles. The van der Waals surface area contributed by atoms with Crippen LogP contribution in [-0.4, -0.2) is 9.97 Å². The Hall–Kier alpha value is -1.65. The Morgan fingerprint density at radius 2 is 1.92 bits per heavy atom. The predicted molar refractivity (Wildman–Crippen MR) is 40.4 cm³/mol. The maximum atomic E-state index is 12.9. The summed E-state index contributed by atoms with van der Waals surface area (Å²) < 4.78 is 25.8. The van der Waals surface area contributed by atoms with Gasteiger partial charge in [0.25, 0.3) is 0 Å². The zero-order valence-electron chi connectivity index (χ0n) is 5.94. The number of halogens is 2. The highest BCUT2D eigenvalue weighted by Crippen LogP contribution is 2.18. The van der Waals surface area contributed by atoms with Crippen molar-refractivity contribution in [3.05, 3.63) is 23.8 Å². The van der Waals surface area contributed by atoms with Crippen LogP contribution in [0.4, 0.5) is 14.7 Å². The summed E-state index contributed by atoms with van der Waals surface area (Å²) in [5.74, 6) is -1.14. The van der Waals surface area contributed by atoms with Gasteiger partial charge in [0.2, 0.25) is 0 Å². The highest BCUT2D eigenvalue weighted by atomic mass is 19.1. The van der Waals surface area contributed by atoms with Crippen molar-refractivity contribution in [3.8, 4) is 0 Å². The van der Waals surface area contributed by atoms with Gasteiger partial charge in [0.05, 0.1) is 0 Å². The average Bonchev–Trinajstić information content (AvgIpc) is 2.41. The number of aromatic nitrogens is 2. The lowest BCUT2D eigenvalue weighted by atomic mass is 10.3. The van der Waals surface area contributed by atoms with Crippen LogP contribution in [0.1, 0.15) is 0 Å². The van der Waals surface area contributed by atoms with Gasteiger partial charge in [-0.05, 0) is 12.1 Å². The Morgan fingerprint density at radius 3 is 2.58 bits per heavy atom. The van der Waals surface area contributed by atoms with Crippen molar-refractivity contribution >= 4 is 17.0 Å². The fourth-order valence-corrected chi connectivity index (χ4v) is 1.05. The van der Waals surface area contributed by atoms with Crippen LogP contribution in [0, 0.1) is 11.6 Å². The molecule has 0 saturated heterocycles. The molecule has 0 amide bonds.